The van der Waals surface area contributed by atoms with Gasteiger partial charge in [0.25, 0.3) is 0 Å². The zero-order chi connectivity index (χ0) is 18.1. The van der Waals surface area contributed by atoms with Crippen LogP contribution in [-0.2, 0) is 4.84 Å². The molecule has 0 saturated heterocycles. The number of allylic oxidation sites excluding steroid dienone is 1. The summed E-state index contributed by atoms with van der Waals surface area (Å²) in [6.07, 6.45) is 6.44. The normalized spacial score (nSPS) is 19.4. The summed E-state index contributed by atoms with van der Waals surface area (Å²) < 4.78 is 0. The molecule has 1 aromatic rings. The molecule has 0 aromatic heterocycles. The second kappa shape index (κ2) is 10.8. The maximum atomic E-state index is 9.87. The summed E-state index contributed by atoms with van der Waals surface area (Å²) in [5.74, 6) is 0. The van der Waals surface area contributed by atoms with Crippen molar-refractivity contribution in [1.82, 2.24) is 5.32 Å². The van der Waals surface area contributed by atoms with E-state index >= 15 is 0 Å². The van der Waals surface area contributed by atoms with Gasteiger partial charge in [-0.05, 0) is 62.4 Å². The lowest BCUT2D eigenvalue weighted by molar-refractivity contribution is 0.0401. The van der Waals surface area contributed by atoms with Crippen LogP contribution in [0.5, 0.6) is 0 Å². The van der Waals surface area contributed by atoms with Crippen molar-refractivity contribution in [2.45, 2.75) is 45.1 Å². The quantitative estimate of drug-likeness (QED) is 0.505. The lowest BCUT2D eigenvalue weighted by atomic mass is 9.91. The van der Waals surface area contributed by atoms with Crippen LogP contribution in [0.1, 0.15) is 44.6 Å². The number of hydrogen-bond acceptors (Lipinski definition) is 4. The molecule has 6 heteroatoms. The van der Waals surface area contributed by atoms with E-state index in [9.17, 15) is 5.11 Å². The SMILES string of the molecule is CCCNC[C@H](O)CO/N=C1\CCCC\C1=C/c1c(Cl)cccc1Cl. The zero-order valence-corrected chi connectivity index (χ0v) is 16.1. The number of aliphatic hydroxyl groups excluding tert-OH is 1. The van der Waals surface area contributed by atoms with E-state index in [1.54, 1.807) is 0 Å². The summed E-state index contributed by atoms with van der Waals surface area (Å²) in [6, 6.07) is 5.49. The number of rotatable bonds is 8. The van der Waals surface area contributed by atoms with Crippen LogP contribution in [0, 0.1) is 0 Å². The van der Waals surface area contributed by atoms with Crippen LogP contribution in [0.15, 0.2) is 28.9 Å². The second-order valence-electron chi connectivity index (χ2n) is 6.20. The van der Waals surface area contributed by atoms with Crippen LogP contribution >= 0.6 is 23.2 Å². The Kier molecular flexibility index (Phi) is 8.76. The van der Waals surface area contributed by atoms with Crippen LogP contribution in [-0.4, -0.2) is 36.6 Å². The first kappa shape index (κ1) is 20.2. The van der Waals surface area contributed by atoms with E-state index in [1.165, 1.54) is 0 Å². The Morgan fingerprint density at radius 1 is 1.28 bits per heavy atom. The summed E-state index contributed by atoms with van der Waals surface area (Å²) in [7, 11) is 0. The molecule has 1 saturated carbocycles. The fourth-order valence-corrected chi connectivity index (χ4v) is 3.21. The number of hydrogen-bond donors (Lipinski definition) is 2. The van der Waals surface area contributed by atoms with Gasteiger partial charge in [0.2, 0.25) is 0 Å². The van der Waals surface area contributed by atoms with Crippen molar-refractivity contribution < 1.29 is 9.94 Å². The van der Waals surface area contributed by atoms with Crippen molar-refractivity contribution in [3.05, 3.63) is 39.4 Å². The lowest BCUT2D eigenvalue weighted by Gasteiger charge is -2.18. The van der Waals surface area contributed by atoms with Crippen molar-refractivity contribution >= 4 is 35.0 Å². The molecule has 2 N–H and O–H groups in total. The van der Waals surface area contributed by atoms with Gasteiger partial charge in [-0.1, -0.05) is 41.3 Å². The molecule has 0 amide bonds. The van der Waals surface area contributed by atoms with Crippen LogP contribution in [0.4, 0.5) is 0 Å². The lowest BCUT2D eigenvalue weighted by Crippen LogP contribution is -2.30. The molecule has 1 aromatic carbocycles. The molecular weight excluding hydrogens is 359 g/mol. The van der Waals surface area contributed by atoms with Crippen LogP contribution in [0.25, 0.3) is 6.08 Å². The molecule has 1 aliphatic rings. The van der Waals surface area contributed by atoms with Gasteiger partial charge in [0.15, 0.2) is 0 Å². The highest BCUT2D eigenvalue weighted by Gasteiger charge is 2.16. The first-order valence-electron chi connectivity index (χ1n) is 8.84. The Balaban J connectivity index is 2.01. The molecule has 1 atom stereocenters. The van der Waals surface area contributed by atoms with Crippen LogP contribution in [0.3, 0.4) is 0 Å². The Labute approximate surface area is 159 Å². The molecule has 0 unspecified atom stereocenters. The number of aliphatic hydroxyl groups is 1. The minimum Gasteiger partial charge on any atom is -0.393 e. The van der Waals surface area contributed by atoms with Gasteiger partial charge in [-0.15, -0.1) is 0 Å². The Morgan fingerprint density at radius 2 is 2.00 bits per heavy atom. The standard InChI is InChI=1S/C19H26Cl2N2O2/c1-2-10-22-12-15(24)13-25-23-19-9-4-3-6-14(19)11-16-17(20)7-5-8-18(16)21/h5,7-8,11,15,22,24H,2-4,6,9-10,12-13H2,1H3/b14-11+,23-19+/t15-/m0/s1. The highest BCUT2D eigenvalue weighted by molar-refractivity contribution is 6.37. The van der Waals surface area contributed by atoms with Crippen molar-refractivity contribution in [2.24, 2.45) is 5.16 Å². The zero-order valence-electron chi connectivity index (χ0n) is 14.6. The highest BCUT2D eigenvalue weighted by atomic mass is 35.5. The molecule has 4 nitrogen and oxygen atoms in total. The summed E-state index contributed by atoms with van der Waals surface area (Å²) in [4.78, 5) is 5.39. The van der Waals surface area contributed by atoms with E-state index in [2.05, 4.69) is 17.4 Å². The predicted octanol–water partition coefficient (Wildman–Crippen LogP) is 4.68. The fraction of sp³-hybridized carbons (Fsp3) is 0.526. The van der Waals surface area contributed by atoms with Gasteiger partial charge >= 0.3 is 0 Å². The maximum absolute atomic E-state index is 9.87. The second-order valence-corrected chi connectivity index (χ2v) is 7.02. The fourth-order valence-electron chi connectivity index (χ4n) is 2.70. The van der Waals surface area contributed by atoms with Gasteiger partial charge in [0.05, 0.1) is 5.71 Å². The maximum Gasteiger partial charge on any atom is 0.144 e. The number of halogens is 2. The smallest absolute Gasteiger partial charge is 0.144 e. The first-order valence-corrected chi connectivity index (χ1v) is 9.60. The number of oxime groups is 1. The largest absolute Gasteiger partial charge is 0.393 e. The van der Waals surface area contributed by atoms with E-state index in [-0.39, 0.29) is 6.61 Å². The van der Waals surface area contributed by atoms with Gasteiger partial charge in [-0.2, -0.15) is 0 Å². The molecule has 138 valence electrons. The van der Waals surface area contributed by atoms with E-state index < -0.39 is 6.10 Å². The Hall–Kier alpha value is -1.07. The van der Waals surface area contributed by atoms with Crippen molar-refractivity contribution in [3.8, 4) is 0 Å². The van der Waals surface area contributed by atoms with Gasteiger partial charge in [0, 0.05) is 22.2 Å². The molecule has 0 heterocycles. The summed E-state index contributed by atoms with van der Waals surface area (Å²) in [5, 5.41) is 18.5. The van der Waals surface area contributed by atoms with E-state index in [0.29, 0.717) is 16.6 Å². The van der Waals surface area contributed by atoms with Crippen LogP contribution < -0.4 is 5.32 Å². The summed E-state index contributed by atoms with van der Waals surface area (Å²) in [6.45, 7) is 3.66. The first-order chi connectivity index (χ1) is 12.1. The highest BCUT2D eigenvalue weighted by Crippen LogP contribution is 2.30. The van der Waals surface area contributed by atoms with Crippen LogP contribution in [0.2, 0.25) is 10.0 Å². The monoisotopic (exact) mass is 384 g/mol. The van der Waals surface area contributed by atoms with Crippen molar-refractivity contribution in [3.63, 3.8) is 0 Å². The van der Waals surface area contributed by atoms with Gasteiger partial charge in [0.1, 0.15) is 12.7 Å². The van der Waals surface area contributed by atoms with E-state index in [4.69, 9.17) is 28.0 Å². The molecule has 1 aliphatic carbocycles. The third-order valence-corrected chi connectivity index (χ3v) is 4.71. The van der Waals surface area contributed by atoms with E-state index in [0.717, 1.165) is 55.5 Å². The minimum absolute atomic E-state index is 0.181. The van der Waals surface area contributed by atoms with Gasteiger partial charge in [-0.25, -0.2) is 0 Å². The molecule has 0 aliphatic heterocycles. The summed E-state index contributed by atoms with van der Waals surface area (Å²) in [5.41, 5.74) is 2.83. The number of benzene rings is 1. The molecule has 0 radical (unpaired) electrons. The summed E-state index contributed by atoms with van der Waals surface area (Å²) >= 11 is 12.5. The molecular formula is C19H26Cl2N2O2. The topological polar surface area (TPSA) is 53.8 Å². The molecule has 1 fully saturated rings. The number of nitrogens with one attached hydrogen (secondary N) is 1. The van der Waals surface area contributed by atoms with Crippen molar-refractivity contribution in [2.75, 3.05) is 19.7 Å². The van der Waals surface area contributed by atoms with Crippen molar-refractivity contribution in [1.29, 1.82) is 0 Å². The molecule has 25 heavy (non-hydrogen) atoms. The minimum atomic E-state index is -0.565. The third-order valence-electron chi connectivity index (χ3n) is 4.05. The average molecular weight is 385 g/mol. The Bertz CT molecular complexity index is 597. The third kappa shape index (κ3) is 6.63. The number of nitrogens with zero attached hydrogens (tertiary/aromatic N) is 1. The molecule has 0 spiro atoms. The Morgan fingerprint density at radius 3 is 2.72 bits per heavy atom. The van der Waals surface area contributed by atoms with Gasteiger partial charge in [-0.3, -0.25) is 0 Å². The molecule has 0 bridgehead atoms. The molecule has 2 rings (SSSR count). The van der Waals surface area contributed by atoms with Gasteiger partial charge < -0.3 is 15.3 Å². The predicted molar refractivity (Wildman–Crippen MR) is 105 cm³/mol. The van der Waals surface area contributed by atoms with E-state index in [1.807, 2.05) is 24.3 Å². The average Bonchev–Trinajstić information content (AvgIpc) is 2.60.